The minimum atomic E-state index is -1.43. The van der Waals surface area contributed by atoms with E-state index in [-0.39, 0.29) is 23.1 Å². The second-order valence-corrected chi connectivity index (χ2v) is 6.17. The molecule has 12 heteroatoms. The number of aliphatic hydroxyl groups excluding tert-OH is 3. The highest BCUT2D eigenvalue weighted by molar-refractivity contribution is 5.74. The highest BCUT2D eigenvalue weighted by Crippen LogP contribution is 2.35. The van der Waals surface area contributed by atoms with Crippen LogP contribution >= 0.6 is 0 Å². The number of rotatable bonds is 4. The fourth-order valence-corrected chi connectivity index (χ4v) is 2.98. The van der Waals surface area contributed by atoms with Crippen LogP contribution in [0.25, 0.3) is 11.2 Å². The van der Waals surface area contributed by atoms with Crippen LogP contribution in [0.2, 0.25) is 0 Å². The standard InChI is InChI=1S/C16H17N7O5/c17-15-19-12-9(13(27)20-15)18-16(22-21-7-4-2-1-3-5-7)23(12)14-11(26)10(25)8(6-24)28-14/h1-5,8,10-11,14,24-26H,6H2,(H3,17,19,20,27). The molecule has 0 aliphatic carbocycles. The monoisotopic (exact) mass is 387 g/mol. The fourth-order valence-electron chi connectivity index (χ4n) is 2.98. The summed E-state index contributed by atoms with van der Waals surface area (Å²) < 4.78 is 6.76. The van der Waals surface area contributed by atoms with E-state index in [4.69, 9.17) is 10.5 Å². The van der Waals surface area contributed by atoms with Crippen LogP contribution in [0.3, 0.4) is 0 Å². The third-order valence-electron chi connectivity index (χ3n) is 4.33. The smallest absolute Gasteiger partial charge is 0.280 e. The van der Waals surface area contributed by atoms with Gasteiger partial charge in [0.15, 0.2) is 17.4 Å². The number of H-pyrrole nitrogens is 1. The number of aliphatic hydroxyl groups is 3. The van der Waals surface area contributed by atoms with Crippen molar-refractivity contribution in [2.24, 2.45) is 10.2 Å². The summed E-state index contributed by atoms with van der Waals surface area (Å²) in [5.74, 6) is -0.255. The normalized spacial score (nSPS) is 25.1. The summed E-state index contributed by atoms with van der Waals surface area (Å²) in [5.41, 5.74) is 5.46. The van der Waals surface area contributed by atoms with Crippen molar-refractivity contribution in [2.45, 2.75) is 24.5 Å². The molecular weight excluding hydrogens is 370 g/mol. The highest BCUT2D eigenvalue weighted by atomic mass is 16.6. The van der Waals surface area contributed by atoms with Gasteiger partial charge in [-0.2, -0.15) is 4.98 Å². The van der Waals surface area contributed by atoms with E-state index in [0.29, 0.717) is 5.69 Å². The lowest BCUT2D eigenvalue weighted by atomic mass is 10.1. The zero-order valence-electron chi connectivity index (χ0n) is 14.4. The van der Waals surface area contributed by atoms with Gasteiger partial charge in [-0.05, 0) is 12.1 Å². The number of aromatic nitrogens is 4. The van der Waals surface area contributed by atoms with Crippen molar-refractivity contribution in [3.63, 3.8) is 0 Å². The Morgan fingerprint density at radius 3 is 2.61 bits per heavy atom. The summed E-state index contributed by atoms with van der Waals surface area (Å²) in [7, 11) is 0. The third kappa shape index (κ3) is 3.03. The molecule has 4 rings (SSSR count). The molecule has 1 aliphatic rings. The first kappa shape index (κ1) is 18.2. The van der Waals surface area contributed by atoms with E-state index < -0.39 is 36.7 Å². The van der Waals surface area contributed by atoms with E-state index in [1.54, 1.807) is 24.3 Å². The van der Waals surface area contributed by atoms with Crippen molar-refractivity contribution in [1.29, 1.82) is 0 Å². The molecule has 3 heterocycles. The zero-order chi connectivity index (χ0) is 19.8. The third-order valence-corrected chi connectivity index (χ3v) is 4.33. The van der Waals surface area contributed by atoms with Crippen molar-refractivity contribution in [3.05, 3.63) is 40.7 Å². The first-order valence-electron chi connectivity index (χ1n) is 8.36. The van der Waals surface area contributed by atoms with Gasteiger partial charge in [0.1, 0.15) is 18.3 Å². The minimum Gasteiger partial charge on any atom is -0.394 e. The average Bonchev–Trinajstić information content (AvgIpc) is 3.18. The number of benzene rings is 1. The Bertz CT molecular complexity index is 1080. The first-order chi connectivity index (χ1) is 13.5. The van der Waals surface area contributed by atoms with Crippen LogP contribution < -0.4 is 11.3 Å². The lowest BCUT2D eigenvalue weighted by molar-refractivity contribution is -0.0503. The minimum absolute atomic E-state index is 0.00176. The van der Waals surface area contributed by atoms with Crippen LogP contribution in [-0.4, -0.2) is 59.8 Å². The Labute approximate surface area is 157 Å². The number of nitrogen functional groups attached to an aromatic ring is 1. The molecule has 0 bridgehead atoms. The number of anilines is 1. The van der Waals surface area contributed by atoms with E-state index in [2.05, 4.69) is 25.2 Å². The molecule has 6 N–H and O–H groups in total. The van der Waals surface area contributed by atoms with Gasteiger partial charge in [-0.25, -0.2) is 4.98 Å². The van der Waals surface area contributed by atoms with E-state index in [0.717, 1.165) is 0 Å². The second-order valence-electron chi connectivity index (χ2n) is 6.17. The SMILES string of the molecule is Nc1nc2c(nc(N=Nc3ccccc3)n2C2OC(CO)C(O)C2O)c(=O)[nH]1. The Balaban J connectivity index is 1.87. The summed E-state index contributed by atoms with van der Waals surface area (Å²) in [5, 5.41) is 37.9. The van der Waals surface area contributed by atoms with Gasteiger partial charge in [0.25, 0.3) is 11.5 Å². The van der Waals surface area contributed by atoms with Crippen LogP contribution in [0.4, 0.5) is 17.6 Å². The molecule has 28 heavy (non-hydrogen) atoms. The molecule has 1 fully saturated rings. The molecule has 4 unspecified atom stereocenters. The number of hydrogen-bond acceptors (Lipinski definition) is 10. The van der Waals surface area contributed by atoms with Gasteiger partial charge in [0.2, 0.25) is 5.95 Å². The fraction of sp³-hybridized carbons (Fsp3) is 0.312. The van der Waals surface area contributed by atoms with Gasteiger partial charge in [0.05, 0.1) is 12.3 Å². The largest absolute Gasteiger partial charge is 0.394 e. The molecule has 0 radical (unpaired) electrons. The lowest BCUT2D eigenvalue weighted by Gasteiger charge is -2.17. The van der Waals surface area contributed by atoms with Gasteiger partial charge in [-0.15, -0.1) is 10.2 Å². The van der Waals surface area contributed by atoms with E-state index in [1.165, 1.54) is 4.57 Å². The zero-order valence-corrected chi connectivity index (χ0v) is 14.4. The quantitative estimate of drug-likeness (QED) is 0.379. The van der Waals surface area contributed by atoms with Crippen LogP contribution in [0.1, 0.15) is 6.23 Å². The summed E-state index contributed by atoms with van der Waals surface area (Å²) in [6.45, 7) is -0.516. The molecule has 1 saturated heterocycles. The van der Waals surface area contributed by atoms with Crippen molar-refractivity contribution in [1.82, 2.24) is 19.5 Å². The number of azo groups is 1. The number of imidazole rings is 1. The molecule has 0 saturated carbocycles. The van der Waals surface area contributed by atoms with Crippen LogP contribution in [0.5, 0.6) is 0 Å². The predicted octanol–water partition coefficient (Wildman–Crippen LogP) is -0.271. The van der Waals surface area contributed by atoms with E-state index in [9.17, 15) is 20.1 Å². The number of nitrogens with two attached hydrogens (primary N) is 1. The summed E-state index contributed by atoms with van der Waals surface area (Å²) in [4.78, 5) is 22.7. The summed E-state index contributed by atoms with van der Waals surface area (Å²) >= 11 is 0. The molecule has 3 aromatic rings. The van der Waals surface area contributed by atoms with Crippen molar-refractivity contribution < 1.29 is 20.1 Å². The molecule has 2 aromatic heterocycles. The van der Waals surface area contributed by atoms with Gasteiger partial charge in [-0.3, -0.25) is 14.3 Å². The summed E-state index contributed by atoms with van der Waals surface area (Å²) in [6.07, 6.45) is -5.03. The van der Waals surface area contributed by atoms with E-state index >= 15 is 0 Å². The van der Waals surface area contributed by atoms with Crippen LogP contribution in [0, 0.1) is 0 Å². The number of aromatic amines is 1. The summed E-state index contributed by atoms with van der Waals surface area (Å²) in [6, 6.07) is 8.80. The number of fused-ring (bicyclic) bond motifs is 1. The Morgan fingerprint density at radius 1 is 1.18 bits per heavy atom. The molecule has 1 aromatic carbocycles. The van der Waals surface area contributed by atoms with Crippen LogP contribution in [0.15, 0.2) is 45.4 Å². The number of nitrogens with one attached hydrogen (secondary N) is 1. The Hall–Kier alpha value is -3.19. The lowest BCUT2D eigenvalue weighted by Crippen LogP contribution is -2.33. The predicted molar refractivity (Wildman–Crippen MR) is 96.2 cm³/mol. The molecule has 0 amide bonds. The second kappa shape index (κ2) is 7.09. The molecule has 12 nitrogen and oxygen atoms in total. The Morgan fingerprint density at radius 2 is 1.93 bits per heavy atom. The van der Waals surface area contributed by atoms with Gasteiger partial charge < -0.3 is 25.8 Å². The molecular formula is C16H17N7O5. The number of nitrogens with zero attached hydrogens (tertiary/aromatic N) is 5. The molecule has 4 atom stereocenters. The molecule has 0 spiro atoms. The topological polar surface area (TPSA) is 184 Å². The maximum absolute atomic E-state index is 12.2. The Kier molecular flexibility index (Phi) is 4.60. The van der Waals surface area contributed by atoms with Crippen molar-refractivity contribution in [3.8, 4) is 0 Å². The first-order valence-corrected chi connectivity index (χ1v) is 8.36. The number of hydrogen-bond donors (Lipinski definition) is 5. The van der Waals surface area contributed by atoms with Gasteiger partial charge in [0, 0.05) is 0 Å². The van der Waals surface area contributed by atoms with Gasteiger partial charge >= 0.3 is 0 Å². The average molecular weight is 387 g/mol. The maximum atomic E-state index is 12.2. The highest BCUT2D eigenvalue weighted by Gasteiger charge is 2.45. The molecule has 146 valence electrons. The molecule has 1 aliphatic heterocycles. The van der Waals surface area contributed by atoms with Crippen molar-refractivity contribution >= 4 is 28.7 Å². The number of ether oxygens (including phenoxy) is 1. The van der Waals surface area contributed by atoms with Crippen LogP contribution in [-0.2, 0) is 4.74 Å². The van der Waals surface area contributed by atoms with Gasteiger partial charge in [-0.1, -0.05) is 18.2 Å². The van der Waals surface area contributed by atoms with Crippen molar-refractivity contribution in [2.75, 3.05) is 12.3 Å². The maximum Gasteiger partial charge on any atom is 0.280 e. The van der Waals surface area contributed by atoms with E-state index in [1.807, 2.05) is 6.07 Å².